The summed E-state index contributed by atoms with van der Waals surface area (Å²) in [6.07, 6.45) is 14.8. The van der Waals surface area contributed by atoms with E-state index in [0.29, 0.717) is 0 Å². The van der Waals surface area contributed by atoms with Crippen molar-refractivity contribution in [2.45, 2.75) is 58.3 Å². The van der Waals surface area contributed by atoms with Gasteiger partial charge in [-0.2, -0.15) is 0 Å². The average molecular weight is 191 g/mol. The van der Waals surface area contributed by atoms with Gasteiger partial charge in [0.05, 0.1) is 0 Å². The van der Waals surface area contributed by atoms with Crippen LogP contribution < -0.4 is 0 Å². The zero-order valence-electron chi connectivity index (χ0n) is 9.47. The molecule has 0 aromatic rings. The van der Waals surface area contributed by atoms with Gasteiger partial charge in [-0.25, -0.2) is 0 Å². The lowest BCUT2D eigenvalue weighted by Crippen LogP contribution is -2.45. The molecule has 1 radical (unpaired) electrons. The van der Waals surface area contributed by atoms with Crippen LogP contribution in [-0.4, -0.2) is 0 Å². The molecule has 4 aliphatic rings. The van der Waals surface area contributed by atoms with Gasteiger partial charge in [0.25, 0.3) is 0 Å². The molecule has 4 saturated carbocycles. The molecule has 0 heterocycles. The molecule has 0 unspecified atom stereocenters. The van der Waals surface area contributed by atoms with E-state index in [1.54, 1.807) is 38.5 Å². The minimum absolute atomic E-state index is 0.796. The van der Waals surface area contributed by atoms with E-state index in [9.17, 15) is 0 Å². The van der Waals surface area contributed by atoms with Gasteiger partial charge in [0, 0.05) is 0 Å². The van der Waals surface area contributed by atoms with Crippen molar-refractivity contribution in [3.05, 3.63) is 6.42 Å². The normalized spacial score (nSPS) is 49.9. The fourth-order valence-electron chi connectivity index (χ4n) is 4.99. The Morgan fingerprint density at radius 1 is 1.00 bits per heavy atom. The molecule has 0 amide bonds. The Balaban J connectivity index is 1.74. The largest absolute Gasteiger partial charge is 0.0651 e. The summed E-state index contributed by atoms with van der Waals surface area (Å²) < 4.78 is 0. The Bertz CT molecular complexity index is 181. The lowest BCUT2D eigenvalue weighted by atomic mass is 9.48. The molecular formula is C14H23. The average Bonchev–Trinajstić information content (AvgIpc) is 2.12. The fraction of sp³-hybridized carbons (Fsp3) is 0.929. The summed E-state index contributed by atoms with van der Waals surface area (Å²) >= 11 is 0. The van der Waals surface area contributed by atoms with Gasteiger partial charge in [-0.3, -0.25) is 0 Å². The Labute approximate surface area is 88.5 Å². The Morgan fingerprint density at radius 2 is 1.50 bits per heavy atom. The van der Waals surface area contributed by atoms with Crippen molar-refractivity contribution in [3.8, 4) is 0 Å². The standard InChI is InChI=1S/C14H23/c1-2-3-4-14-8-11-5-12(9-14)7-13(6-11)10-14/h3,11-13H,2,4-10H2,1H3. The van der Waals surface area contributed by atoms with E-state index in [1.807, 2.05) is 0 Å². The van der Waals surface area contributed by atoms with Gasteiger partial charge < -0.3 is 0 Å². The first-order valence-electron chi connectivity index (χ1n) is 6.61. The van der Waals surface area contributed by atoms with Crippen molar-refractivity contribution in [1.82, 2.24) is 0 Å². The van der Waals surface area contributed by atoms with Crippen LogP contribution in [0.5, 0.6) is 0 Å². The topological polar surface area (TPSA) is 0 Å². The highest BCUT2D eigenvalue weighted by atomic mass is 14.5. The van der Waals surface area contributed by atoms with E-state index in [-0.39, 0.29) is 0 Å². The monoisotopic (exact) mass is 191 g/mol. The number of unbranched alkanes of at least 4 members (excludes halogenated alkanes) is 1. The van der Waals surface area contributed by atoms with Crippen molar-refractivity contribution >= 4 is 0 Å². The molecule has 0 atom stereocenters. The second kappa shape index (κ2) is 3.25. The first kappa shape index (κ1) is 9.24. The molecule has 0 saturated heterocycles. The van der Waals surface area contributed by atoms with E-state index in [0.717, 1.165) is 23.2 Å². The van der Waals surface area contributed by atoms with Crippen LogP contribution in [-0.2, 0) is 0 Å². The molecule has 4 aliphatic carbocycles. The molecule has 4 fully saturated rings. The second-order valence-corrected chi connectivity index (χ2v) is 6.32. The summed E-state index contributed by atoms with van der Waals surface area (Å²) in [7, 11) is 0. The Morgan fingerprint density at radius 3 is 1.93 bits per heavy atom. The molecule has 0 aromatic heterocycles. The van der Waals surface area contributed by atoms with E-state index in [1.165, 1.54) is 12.8 Å². The third-order valence-corrected chi connectivity index (χ3v) is 5.03. The highest BCUT2D eigenvalue weighted by Gasteiger charge is 2.50. The van der Waals surface area contributed by atoms with Gasteiger partial charge in [-0.15, -0.1) is 0 Å². The minimum atomic E-state index is 0.796. The maximum absolute atomic E-state index is 2.55. The van der Waals surface area contributed by atoms with Crippen LogP contribution in [0.25, 0.3) is 0 Å². The van der Waals surface area contributed by atoms with Crippen LogP contribution in [0.3, 0.4) is 0 Å². The van der Waals surface area contributed by atoms with Crippen LogP contribution in [0, 0.1) is 29.6 Å². The molecule has 4 bridgehead atoms. The van der Waals surface area contributed by atoms with Crippen molar-refractivity contribution in [1.29, 1.82) is 0 Å². The van der Waals surface area contributed by atoms with Crippen LogP contribution in [0.4, 0.5) is 0 Å². The first-order chi connectivity index (χ1) is 6.80. The minimum Gasteiger partial charge on any atom is -0.0651 e. The van der Waals surface area contributed by atoms with Crippen LogP contribution in [0.2, 0.25) is 0 Å². The van der Waals surface area contributed by atoms with Gasteiger partial charge in [0.1, 0.15) is 0 Å². The summed E-state index contributed by atoms with van der Waals surface area (Å²) in [4.78, 5) is 0. The first-order valence-corrected chi connectivity index (χ1v) is 6.61. The van der Waals surface area contributed by atoms with Crippen LogP contribution in [0.1, 0.15) is 58.3 Å². The number of hydrogen-bond acceptors (Lipinski definition) is 0. The zero-order chi connectivity index (χ0) is 9.60. The van der Waals surface area contributed by atoms with Crippen molar-refractivity contribution < 1.29 is 0 Å². The molecule has 4 rings (SSSR count). The van der Waals surface area contributed by atoms with Gasteiger partial charge in [0.2, 0.25) is 0 Å². The van der Waals surface area contributed by atoms with E-state index < -0.39 is 0 Å². The van der Waals surface area contributed by atoms with Gasteiger partial charge in [-0.05, 0) is 74.5 Å². The van der Waals surface area contributed by atoms with E-state index >= 15 is 0 Å². The van der Waals surface area contributed by atoms with Gasteiger partial charge in [-0.1, -0.05) is 13.3 Å². The molecule has 0 nitrogen and oxygen atoms in total. The molecule has 0 N–H and O–H groups in total. The lowest BCUT2D eigenvalue weighted by molar-refractivity contribution is -0.0529. The second-order valence-electron chi connectivity index (χ2n) is 6.32. The maximum atomic E-state index is 2.55. The molecule has 0 aliphatic heterocycles. The summed E-state index contributed by atoms with van der Waals surface area (Å²) in [5.74, 6) is 3.39. The third kappa shape index (κ3) is 1.42. The van der Waals surface area contributed by atoms with Gasteiger partial charge in [0.15, 0.2) is 0 Å². The van der Waals surface area contributed by atoms with Gasteiger partial charge >= 0.3 is 0 Å². The van der Waals surface area contributed by atoms with E-state index in [4.69, 9.17) is 0 Å². The SMILES string of the molecule is CC[CH]CC12CC3CC(CC(C3)C1)C2. The Hall–Kier alpha value is 0. The summed E-state index contributed by atoms with van der Waals surface area (Å²) in [6, 6.07) is 0. The highest BCUT2D eigenvalue weighted by Crippen LogP contribution is 2.61. The fourth-order valence-corrected chi connectivity index (χ4v) is 4.99. The maximum Gasteiger partial charge on any atom is -0.0287 e. The predicted octanol–water partition coefficient (Wildman–Crippen LogP) is 4.21. The van der Waals surface area contributed by atoms with Crippen LogP contribution in [0.15, 0.2) is 0 Å². The molecule has 0 heteroatoms. The summed E-state index contributed by atoms with van der Waals surface area (Å²) in [5.41, 5.74) is 0.796. The highest BCUT2D eigenvalue weighted by molar-refractivity contribution is 5.02. The van der Waals surface area contributed by atoms with Crippen LogP contribution >= 0.6 is 0 Å². The molecule has 0 aromatic carbocycles. The van der Waals surface area contributed by atoms with Crippen molar-refractivity contribution in [3.63, 3.8) is 0 Å². The summed E-state index contributed by atoms with van der Waals surface area (Å²) in [6.45, 7) is 2.29. The molecular weight excluding hydrogens is 168 g/mol. The Kier molecular flexibility index (Phi) is 2.15. The molecule has 0 spiro atoms. The van der Waals surface area contributed by atoms with Crippen molar-refractivity contribution in [2.75, 3.05) is 0 Å². The van der Waals surface area contributed by atoms with E-state index in [2.05, 4.69) is 13.3 Å². The number of rotatable bonds is 3. The smallest absolute Gasteiger partial charge is 0.0287 e. The predicted molar refractivity (Wildman–Crippen MR) is 59.8 cm³/mol. The summed E-state index contributed by atoms with van der Waals surface area (Å²) in [5, 5.41) is 0. The number of hydrogen-bond donors (Lipinski definition) is 0. The quantitative estimate of drug-likeness (QED) is 0.627. The molecule has 79 valence electrons. The zero-order valence-corrected chi connectivity index (χ0v) is 9.47. The lowest BCUT2D eigenvalue weighted by Gasteiger charge is -2.57. The molecule has 14 heavy (non-hydrogen) atoms. The third-order valence-electron chi connectivity index (χ3n) is 5.03. The van der Waals surface area contributed by atoms with Crippen molar-refractivity contribution in [2.24, 2.45) is 23.2 Å².